The van der Waals surface area contributed by atoms with E-state index >= 15 is 0 Å². The van der Waals surface area contributed by atoms with Crippen LogP contribution in [0.4, 0.5) is 0 Å². The van der Waals surface area contributed by atoms with Crippen molar-refractivity contribution < 1.29 is 4.74 Å². The van der Waals surface area contributed by atoms with Gasteiger partial charge in [0.15, 0.2) is 0 Å². The van der Waals surface area contributed by atoms with Crippen molar-refractivity contribution in [2.75, 3.05) is 7.11 Å². The van der Waals surface area contributed by atoms with E-state index in [1.165, 1.54) is 15.8 Å². The third kappa shape index (κ3) is 2.15. The molecule has 0 spiro atoms. The van der Waals surface area contributed by atoms with Crippen LogP contribution in [0.15, 0.2) is 48.5 Å². The molecule has 0 radical (unpaired) electrons. The van der Waals surface area contributed by atoms with E-state index in [0.29, 0.717) is 6.61 Å². The van der Waals surface area contributed by atoms with Gasteiger partial charge >= 0.3 is 0 Å². The first-order valence-electron chi connectivity index (χ1n) is 5.80. The van der Waals surface area contributed by atoms with Gasteiger partial charge < -0.3 is 4.74 Å². The highest BCUT2D eigenvalue weighted by molar-refractivity contribution is 7.21. The number of ether oxygens (including phenoxy) is 1. The molecule has 0 saturated heterocycles. The van der Waals surface area contributed by atoms with E-state index in [0.717, 1.165) is 10.5 Å². The van der Waals surface area contributed by atoms with E-state index in [-0.39, 0.29) is 0 Å². The fourth-order valence-corrected chi connectivity index (χ4v) is 2.96. The number of methoxy groups -OCH3 is 1. The SMILES string of the molecule is COCc1ccc2nc(-c3ccccc3)sc2c1. The van der Waals surface area contributed by atoms with Crippen molar-refractivity contribution in [2.24, 2.45) is 0 Å². The number of thiazole rings is 1. The maximum atomic E-state index is 5.15. The zero-order valence-electron chi connectivity index (χ0n) is 10.1. The number of rotatable bonds is 3. The van der Waals surface area contributed by atoms with E-state index in [4.69, 9.17) is 4.74 Å². The Kier molecular flexibility index (Phi) is 3.09. The molecule has 3 aromatic rings. The van der Waals surface area contributed by atoms with Crippen LogP contribution in [0.1, 0.15) is 5.56 Å². The van der Waals surface area contributed by atoms with Crippen molar-refractivity contribution in [3.05, 3.63) is 54.1 Å². The summed E-state index contributed by atoms with van der Waals surface area (Å²) < 4.78 is 6.36. The van der Waals surface area contributed by atoms with Gasteiger partial charge in [0.25, 0.3) is 0 Å². The first-order valence-corrected chi connectivity index (χ1v) is 6.62. The molecule has 0 bridgehead atoms. The van der Waals surface area contributed by atoms with Gasteiger partial charge in [0, 0.05) is 12.7 Å². The standard InChI is InChI=1S/C15H13NOS/c1-17-10-11-7-8-13-14(9-11)18-15(16-13)12-5-3-2-4-6-12/h2-9H,10H2,1H3. The smallest absolute Gasteiger partial charge is 0.124 e. The second-order valence-electron chi connectivity index (χ2n) is 4.12. The van der Waals surface area contributed by atoms with Crippen LogP contribution in [0.25, 0.3) is 20.8 Å². The molecule has 0 atom stereocenters. The molecule has 0 aliphatic heterocycles. The molecule has 3 rings (SSSR count). The molecule has 1 heterocycles. The van der Waals surface area contributed by atoms with Crippen molar-refractivity contribution in [2.45, 2.75) is 6.61 Å². The lowest BCUT2D eigenvalue weighted by Gasteiger charge is -1.97. The summed E-state index contributed by atoms with van der Waals surface area (Å²) >= 11 is 1.72. The first kappa shape index (κ1) is 11.4. The quantitative estimate of drug-likeness (QED) is 0.702. The minimum atomic E-state index is 0.647. The molecule has 3 heteroatoms. The summed E-state index contributed by atoms with van der Waals surface area (Å²) in [6, 6.07) is 16.6. The second kappa shape index (κ2) is 4.88. The summed E-state index contributed by atoms with van der Waals surface area (Å²) in [6.07, 6.45) is 0. The second-order valence-corrected chi connectivity index (χ2v) is 5.15. The molecule has 2 aromatic carbocycles. The lowest BCUT2D eigenvalue weighted by Crippen LogP contribution is -1.85. The molecule has 90 valence electrons. The third-order valence-corrected chi connectivity index (χ3v) is 3.85. The van der Waals surface area contributed by atoms with Crippen LogP contribution in [0, 0.1) is 0 Å². The minimum Gasteiger partial charge on any atom is -0.380 e. The predicted molar refractivity (Wildman–Crippen MR) is 75.8 cm³/mol. The highest BCUT2D eigenvalue weighted by atomic mass is 32.1. The molecule has 0 unspecified atom stereocenters. The van der Waals surface area contributed by atoms with Crippen LogP contribution in [-0.4, -0.2) is 12.1 Å². The molecule has 0 aliphatic rings. The van der Waals surface area contributed by atoms with E-state index in [1.54, 1.807) is 18.4 Å². The molecule has 0 saturated carbocycles. The lowest BCUT2D eigenvalue weighted by molar-refractivity contribution is 0.185. The average molecular weight is 255 g/mol. The van der Waals surface area contributed by atoms with E-state index in [2.05, 4.69) is 35.3 Å². The van der Waals surface area contributed by atoms with Gasteiger partial charge in [0.05, 0.1) is 16.8 Å². The van der Waals surface area contributed by atoms with Crippen molar-refractivity contribution >= 4 is 21.6 Å². The summed E-state index contributed by atoms with van der Waals surface area (Å²) in [6.45, 7) is 0.647. The van der Waals surface area contributed by atoms with Crippen molar-refractivity contribution in [3.63, 3.8) is 0 Å². The highest BCUT2D eigenvalue weighted by Gasteiger charge is 2.06. The maximum absolute atomic E-state index is 5.15. The van der Waals surface area contributed by atoms with Crippen LogP contribution in [-0.2, 0) is 11.3 Å². The molecule has 0 N–H and O–H groups in total. The number of hydrogen-bond acceptors (Lipinski definition) is 3. The fraction of sp³-hybridized carbons (Fsp3) is 0.133. The summed E-state index contributed by atoms with van der Waals surface area (Å²) in [5.41, 5.74) is 3.42. The number of aromatic nitrogens is 1. The number of nitrogens with zero attached hydrogens (tertiary/aromatic N) is 1. The Hall–Kier alpha value is -1.71. The van der Waals surface area contributed by atoms with E-state index in [9.17, 15) is 0 Å². The van der Waals surface area contributed by atoms with Gasteiger partial charge in [-0.05, 0) is 17.7 Å². The Bertz CT molecular complexity index is 661. The molecule has 0 amide bonds. The van der Waals surface area contributed by atoms with Gasteiger partial charge in [-0.15, -0.1) is 11.3 Å². The predicted octanol–water partition coefficient (Wildman–Crippen LogP) is 4.11. The molecule has 0 fully saturated rings. The Labute approximate surface area is 110 Å². The summed E-state index contributed by atoms with van der Waals surface area (Å²) in [7, 11) is 1.71. The van der Waals surface area contributed by atoms with Crippen LogP contribution >= 0.6 is 11.3 Å². The van der Waals surface area contributed by atoms with Crippen LogP contribution < -0.4 is 0 Å². The molecule has 1 aromatic heterocycles. The molecule has 18 heavy (non-hydrogen) atoms. The maximum Gasteiger partial charge on any atom is 0.124 e. The summed E-state index contributed by atoms with van der Waals surface area (Å²) in [5, 5.41) is 1.07. The van der Waals surface area contributed by atoms with Crippen LogP contribution in [0.2, 0.25) is 0 Å². The van der Waals surface area contributed by atoms with Crippen LogP contribution in [0.3, 0.4) is 0 Å². The number of hydrogen-bond donors (Lipinski definition) is 0. The Morgan fingerprint density at radius 3 is 2.72 bits per heavy atom. The van der Waals surface area contributed by atoms with Gasteiger partial charge in [-0.3, -0.25) is 0 Å². The van der Waals surface area contributed by atoms with Gasteiger partial charge in [-0.1, -0.05) is 36.4 Å². The van der Waals surface area contributed by atoms with E-state index < -0.39 is 0 Å². The summed E-state index contributed by atoms with van der Waals surface area (Å²) in [4.78, 5) is 4.66. The van der Waals surface area contributed by atoms with E-state index in [1.807, 2.05) is 18.2 Å². The van der Waals surface area contributed by atoms with Crippen LogP contribution in [0.5, 0.6) is 0 Å². The van der Waals surface area contributed by atoms with Crippen molar-refractivity contribution in [1.29, 1.82) is 0 Å². The van der Waals surface area contributed by atoms with Gasteiger partial charge in [0.1, 0.15) is 5.01 Å². The molecule has 0 aliphatic carbocycles. The Morgan fingerprint density at radius 1 is 1.11 bits per heavy atom. The average Bonchev–Trinajstić information content (AvgIpc) is 2.83. The normalized spacial score (nSPS) is 10.9. The lowest BCUT2D eigenvalue weighted by atomic mass is 10.2. The topological polar surface area (TPSA) is 22.1 Å². The number of benzene rings is 2. The summed E-state index contributed by atoms with van der Waals surface area (Å²) in [5.74, 6) is 0. The highest BCUT2D eigenvalue weighted by Crippen LogP contribution is 2.30. The van der Waals surface area contributed by atoms with Gasteiger partial charge in [-0.25, -0.2) is 4.98 Å². The monoisotopic (exact) mass is 255 g/mol. The van der Waals surface area contributed by atoms with Crippen molar-refractivity contribution in [1.82, 2.24) is 4.98 Å². The number of fused-ring (bicyclic) bond motifs is 1. The minimum absolute atomic E-state index is 0.647. The molecule has 2 nitrogen and oxygen atoms in total. The molecular formula is C15H13NOS. The Morgan fingerprint density at radius 2 is 1.94 bits per heavy atom. The van der Waals surface area contributed by atoms with Gasteiger partial charge in [-0.2, -0.15) is 0 Å². The fourth-order valence-electron chi connectivity index (χ4n) is 1.93. The van der Waals surface area contributed by atoms with Crippen molar-refractivity contribution in [3.8, 4) is 10.6 Å². The Balaban J connectivity index is 2.06. The zero-order chi connectivity index (χ0) is 12.4. The largest absolute Gasteiger partial charge is 0.380 e. The van der Waals surface area contributed by atoms with Gasteiger partial charge in [0.2, 0.25) is 0 Å². The first-order chi connectivity index (χ1) is 8.86. The molecular weight excluding hydrogens is 242 g/mol. The zero-order valence-corrected chi connectivity index (χ0v) is 10.9. The third-order valence-electron chi connectivity index (χ3n) is 2.78.